The van der Waals surface area contributed by atoms with Gasteiger partial charge in [0.05, 0.1) is 18.4 Å². The van der Waals surface area contributed by atoms with Crippen LogP contribution in [0.2, 0.25) is 5.02 Å². The summed E-state index contributed by atoms with van der Waals surface area (Å²) in [6.45, 7) is 3.60. The van der Waals surface area contributed by atoms with Crippen LogP contribution < -0.4 is 4.74 Å². The van der Waals surface area contributed by atoms with Crippen LogP contribution in [0.1, 0.15) is 34.5 Å². The van der Waals surface area contributed by atoms with E-state index in [-0.39, 0.29) is 5.91 Å². The average Bonchev–Trinajstić information content (AvgIpc) is 3.26. The number of methoxy groups -OCH3 is 1. The molecule has 1 aliphatic heterocycles. The van der Waals surface area contributed by atoms with Gasteiger partial charge in [0.15, 0.2) is 0 Å². The van der Waals surface area contributed by atoms with E-state index in [1.54, 1.807) is 7.11 Å². The van der Waals surface area contributed by atoms with Crippen molar-refractivity contribution in [2.45, 2.75) is 26.2 Å². The third kappa shape index (κ3) is 5.05. The molecule has 0 aliphatic carbocycles. The van der Waals surface area contributed by atoms with E-state index >= 15 is 0 Å². The van der Waals surface area contributed by atoms with Crippen LogP contribution in [0.4, 0.5) is 0 Å². The summed E-state index contributed by atoms with van der Waals surface area (Å²) in [6.07, 6.45) is 3.13. The molecule has 1 fully saturated rings. The topological polar surface area (TPSA) is 34.5 Å². The van der Waals surface area contributed by atoms with Crippen molar-refractivity contribution in [3.63, 3.8) is 0 Å². The van der Waals surface area contributed by atoms with Crippen LogP contribution in [-0.2, 0) is 6.42 Å². The van der Waals surface area contributed by atoms with Gasteiger partial charge in [0.25, 0.3) is 5.91 Å². The van der Waals surface area contributed by atoms with Gasteiger partial charge < -0.3 is 14.2 Å². The zero-order valence-electron chi connectivity index (χ0n) is 20.8. The van der Waals surface area contributed by atoms with E-state index in [1.807, 2.05) is 66.4 Å². The third-order valence-electron chi connectivity index (χ3n) is 7.20. The van der Waals surface area contributed by atoms with Gasteiger partial charge >= 0.3 is 0 Å². The van der Waals surface area contributed by atoms with Crippen LogP contribution in [-0.4, -0.2) is 35.6 Å². The Kier molecular flexibility index (Phi) is 7.15. The number of carbonyl (C=O) groups excluding carboxylic acids is 1. The Labute approximate surface area is 218 Å². The van der Waals surface area contributed by atoms with Crippen molar-refractivity contribution in [1.82, 2.24) is 9.47 Å². The molecule has 1 amide bonds. The first-order chi connectivity index (χ1) is 17.5. The highest BCUT2D eigenvalue weighted by Crippen LogP contribution is 2.33. The molecule has 4 nitrogen and oxygen atoms in total. The predicted octanol–water partition coefficient (Wildman–Crippen LogP) is 7.21. The Balaban J connectivity index is 1.43. The number of nitrogens with zero attached hydrogens (tertiary/aromatic N) is 2. The quantitative estimate of drug-likeness (QED) is 0.281. The van der Waals surface area contributed by atoms with Crippen LogP contribution in [0, 0.1) is 12.8 Å². The second-order valence-electron chi connectivity index (χ2n) is 9.50. The van der Waals surface area contributed by atoms with Gasteiger partial charge in [-0.15, -0.1) is 0 Å². The fourth-order valence-corrected chi connectivity index (χ4v) is 5.32. The van der Waals surface area contributed by atoms with Crippen LogP contribution >= 0.6 is 11.6 Å². The Morgan fingerprint density at radius 2 is 1.67 bits per heavy atom. The summed E-state index contributed by atoms with van der Waals surface area (Å²) in [5.41, 5.74) is 5.96. The Bertz CT molecular complexity index is 1340. The van der Waals surface area contributed by atoms with Crippen molar-refractivity contribution < 1.29 is 9.53 Å². The number of aromatic nitrogens is 1. The number of benzene rings is 3. The molecule has 5 heteroatoms. The van der Waals surface area contributed by atoms with E-state index in [9.17, 15) is 4.79 Å². The first kappa shape index (κ1) is 24.2. The van der Waals surface area contributed by atoms with Gasteiger partial charge in [-0.1, -0.05) is 60.1 Å². The SMILES string of the molecule is COc1cccc(-n2c(-c3ccc(Cl)cc3)cc(C(=O)N3CCC(Cc4ccccc4)CC3)c2C)c1. The molecule has 0 N–H and O–H groups in total. The van der Waals surface area contributed by atoms with Crippen molar-refractivity contribution in [1.29, 1.82) is 0 Å². The first-order valence-electron chi connectivity index (χ1n) is 12.5. The van der Waals surface area contributed by atoms with Crippen LogP contribution in [0.5, 0.6) is 5.75 Å². The predicted molar refractivity (Wildman–Crippen MR) is 146 cm³/mol. The van der Waals surface area contributed by atoms with Gasteiger partial charge in [-0.25, -0.2) is 0 Å². The minimum Gasteiger partial charge on any atom is -0.497 e. The van der Waals surface area contributed by atoms with Gasteiger partial charge in [0, 0.05) is 35.6 Å². The number of likely N-dealkylation sites (tertiary alicyclic amines) is 1. The summed E-state index contributed by atoms with van der Waals surface area (Å²) in [7, 11) is 1.66. The highest BCUT2D eigenvalue weighted by Gasteiger charge is 2.27. The number of amides is 1. The summed E-state index contributed by atoms with van der Waals surface area (Å²) < 4.78 is 7.61. The Morgan fingerprint density at radius 3 is 2.36 bits per heavy atom. The summed E-state index contributed by atoms with van der Waals surface area (Å²) in [5.74, 6) is 1.49. The number of ether oxygens (including phenoxy) is 1. The normalized spacial score (nSPS) is 14.1. The van der Waals surface area contributed by atoms with Crippen molar-refractivity contribution in [2.24, 2.45) is 5.92 Å². The molecule has 3 aromatic carbocycles. The number of hydrogen-bond acceptors (Lipinski definition) is 2. The van der Waals surface area contributed by atoms with Gasteiger partial charge in [-0.3, -0.25) is 4.79 Å². The number of rotatable bonds is 6. The number of hydrogen-bond donors (Lipinski definition) is 0. The van der Waals surface area contributed by atoms with E-state index in [2.05, 4.69) is 34.9 Å². The van der Waals surface area contributed by atoms with Crippen LogP contribution in [0.15, 0.2) is 84.9 Å². The standard InChI is InChI=1S/C31H31ClN2O2/c1-22-29(31(35)33-17-15-24(16-18-33)19-23-7-4-3-5-8-23)21-30(25-11-13-26(32)14-12-25)34(22)27-9-6-10-28(20-27)36-2/h3-14,20-21,24H,15-19H2,1-2H3. The van der Waals surface area contributed by atoms with Gasteiger partial charge in [-0.2, -0.15) is 0 Å². The minimum atomic E-state index is 0.0996. The molecule has 184 valence electrons. The summed E-state index contributed by atoms with van der Waals surface area (Å²) in [6, 6.07) is 28.4. The largest absolute Gasteiger partial charge is 0.497 e. The molecule has 0 atom stereocenters. The highest BCUT2D eigenvalue weighted by atomic mass is 35.5. The molecule has 36 heavy (non-hydrogen) atoms. The maximum Gasteiger partial charge on any atom is 0.255 e. The summed E-state index contributed by atoms with van der Waals surface area (Å²) >= 11 is 6.16. The molecule has 0 spiro atoms. The molecule has 0 bridgehead atoms. The minimum absolute atomic E-state index is 0.0996. The second kappa shape index (κ2) is 10.6. The molecule has 1 aromatic heterocycles. The molecular weight excluding hydrogens is 468 g/mol. The molecule has 1 aliphatic rings. The lowest BCUT2D eigenvalue weighted by Crippen LogP contribution is -2.39. The van der Waals surface area contributed by atoms with Gasteiger partial charge in [0.2, 0.25) is 0 Å². The van der Waals surface area contributed by atoms with E-state index in [0.717, 1.165) is 66.3 Å². The van der Waals surface area contributed by atoms with Crippen molar-refractivity contribution in [2.75, 3.05) is 20.2 Å². The molecular formula is C31H31ClN2O2. The number of piperidine rings is 1. The maximum absolute atomic E-state index is 13.8. The van der Waals surface area contributed by atoms with Crippen molar-refractivity contribution in [3.05, 3.63) is 107 Å². The molecule has 1 saturated heterocycles. The van der Waals surface area contributed by atoms with E-state index < -0.39 is 0 Å². The Hall–Kier alpha value is -3.50. The molecule has 5 rings (SSSR count). The van der Waals surface area contributed by atoms with E-state index in [4.69, 9.17) is 16.3 Å². The molecule has 0 radical (unpaired) electrons. The zero-order chi connectivity index (χ0) is 25.1. The lowest BCUT2D eigenvalue weighted by molar-refractivity contribution is 0.0690. The second-order valence-corrected chi connectivity index (χ2v) is 9.93. The fraction of sp³-hybridized carbons (Fsp3) is 0.258. The first-order valence-corrected chi connectivity index (χ1v) is 12.9. The van der Waals surface area contributed by atoms with Gasteiger partial charge in [-0.05, 0) is 73.6 Å². The zero-order valence-corrected chi connectivity index (χ0v) is 21.5. The lowest BCUT2D eigenvalue weighted by atomic mass is 9.90. The molecule has 2 heterocycles. The summed E-state index contributed by atoms with van der Waals surface area (Å²) in [5, 5.41) is 0.685. The number of carbonyl (C=O) groups is 1. The van der Waals surface area contributed by atoms with Crippen LogP contribution in [0.25, 0.3) is 16.9 Å². The molecule has 0 unspecified atom stereocenters. The Morgan fingerprint density at radius 1 is 0.944 bits per heavy atom. The molecule has 4 aromatic rings. The monoisotopic (exact) mass is 498 g/mol. The van der Waals surface area contributed by atoms with E-state index in [0.29, 0.717) is 10.9 Å². The molecule has 0 saturated carbocycles. The average molecular weight is 499 g/mol. The van der Waals surface area contributed by atoms with E-state index in [1.165, 1.54) is 5.56 Å². The smallest absolute Gasteiger partial charge is 0.255 e. The van der Waals surface area contributed by atoms with Crippen molar-refractivity contribution >= 4 is 17.5 Å². The van der Waals surface area contributed by atoms with Crippen LogP contribution in [0.3, 0.4) is 0 Å². The fourth-order valence-electron chi connectivity index (χ4n) is 5.20. The number of halogens is 1. The summed E-state index contributed by atoms with van der Waals surface area (Å²) in [4.78, 5) is 15.8. The van der Waals surface area contributed by atoms with Gasteiger partial charge in [0.1, 0.15) is 5.75 Å². The lowest BCUT2D eigenvalue weighted by Gasteiger charge is -2.32. The third-order valence-corrected chi connectivity index (χ3v) is 7.45. The highest BCUT2D eigenvalue weighted by molar-refractivity contribution is 6.30. The van der Waals surface area contributed by atoms with Crippen molar-refractivity contribution in [3.8, 4) is 22.7 Å². The maximum atomic E-state index is 13.8.